The van der Waals surface area contributed by atoms with Crippen LogP contribution in [0, 0.1) is 0 Å². The lowest BCUT2D eigenvalue weighted by Gasteiger charge is -2.07. The lowest BCUT2D eigenvalue weighted by molar-refractivity contribution is 0.0540. The molecule has 0 aromatic heterocycles. The molecule has 8 heterocycles. The molecule has 296 valence electrons. The van der Waals surface area contributed by atoms with Crippen LogP contribution in [-0.2, 0) is 18.9 Å². The molecule has 16 nitrogen and oxygen atoms in total. The van der Waals surface area contributed by atoms with Gasteiger partial charge >= 0.3 is 0 Å². The highest BCUT2D eigenvalue weighted by Crippen LogP contribution is 2.29. The Labute approximate surface area is 343 Å². The van der Waals surface area contributed by atoms with Crippen molar-refractivity contribution < 1.29 is 18.9 Å². The molecule has 0 spiro atoms. The Morgan fingerprint density at radius 1 is 0.357 bits per heavy atom. The second-order valence-corrected chi connectivity index (χ2v) is 16.2. The topological polar surface area (TPSA) is 149 Å². The fraction of sp³-hybridized carbons (Fsp3) is 0.444. The van der Waals surface area contributed by atoms with Crippen molar-refractivity contribution in [1.82, 2.24) is 20.0 Å². The zero-order chi connectivity index (χ0) is 38.7. The van der Waals surface area contributed by atoms with E-state index in [1.165, 1.54) is 0 Å². The minimum absolute atomic E-state index is 0.488. The molecule has 0 radical (unpaired) electrons. The monoisotopic (exact) mass is 836 g/mol. The zero-order valence-electron chi connectivity index (χ0n) is 31.7. The number of nitrogens with zero attached hydrogens (tertiary/aromatic N) is 12. The fourth-order valence-corrected chi connectivity index (χ4v) is 9.07. The number of hydrogen-bond donors (Lipinski definition) is 0. The van der Waals surface area contributed by atoms with Crippen LogP contribution in [-0.4, -0.2) is 168 Å². The van der Waals surface area contributed by atoms with E-state index in [1.807, 2.05) is 28.2 Å². The van der Waals surface area contributed by atoms with Crippen molar-refractivity contribution in [2.45, 2.75) is 0 Å². The Hall–Kier alpha value is -3.76. The summed E-state index contributed by atoms with van der Waals surface area (Å²) in [4.78, 5) is 18.8. The maximum absolute atomic E-state index is 5.76. The third-order valence-electron chi connectivity index (χ3n) is 8.25. The third kappa shape index (κ3) is 10.8. The number of rotatable bonds is 0. The van der Waals surface area contributed by atoms with Gasteiger partial charge < -0.3 is 18.9 Å². The van der Waals surface area contributed by atoms with E-state index in [-0.39, 0.29) is 0 Å². The molecule has 0 atom stereocenters. The van der Waals surface area contributed by atoms with E-state index < -0.39 is 0 Å². The molecule has 10 rings (SSSR count). The highest BCUT2D eigenvalue weighted by molar-refractivity contribution is 8.28. The van der Waals surface area contributed by atoms with Crippen molar-refractivity contribution >= 4 is 87.9 Å². The quantitative estimate of drug-likeness (QED) is 0.374. The first-order valence-electron chi connectivity index (χ1n) is 18.1. The molecule has 0 saturated heterocycles. The van der Waals surface area contributed by atoms with Gasteiger partial charge in [-0.05, 0) is 47.0 Å². The van der Waals surface area contributed by atoms with Gasteiger partial charge in [0, 0.05) is 50.4 Å². The summed E-state index contributed by atoms with van der Waals surface area (Å²) in [6.07, 6.45) is 0. The second kappa shape index (κ2) is 20.1. The molecule has 0 aliphatic carbocycles. The first-order valence-corrected chi connectivity index (χ1v) is 21.4. The largest absolute Gasteiger partial charge is 0.377 e. The molecule has 2 aromatic rings. The van der Waals surface area contributed by atoms with E-state index in [2.05, 4.69) is 48.5 Å². The maximum Gasteiger partial charge on any atom is 0.186 e. The van der Waals surface area contributed by atoms with Crippen molar-refractivity contribution in [3.05, 3.63) is 70.8 Å². The van der Waals surface area contributed by atoms with Gasteiger partial charge in [0.1, 0.15) is 20.2 Å². The summed E-state index contributed by atoms with van der Waals surface area (Å²) in [5.41, 5.74) is 4.09. The molecule has 0 N–H and O–H groups in total. The van der Waals surface area contributed by atoms with Crippen LogP contribution in [0.15, 0.2) is 88.9 Å². The molecule has 12 bridgehead atoms. The van der Waals surface area contributed by atoms with Crippen LogP contribution >= 0.6 is 47.0 Å². The van der Waals surface area contributed by atoms with Gasteiger partial charge in [0.25, 0.3) is 0 Å². The molecule has 56 heavy (non-hydrogen) atoms. The van der Waals surface area contributed by atoms with E-state index in [4.69, 9.17) is 59.3 Å². The van der Waals surface area contributed by atoms with Gasteiger partial charge in [0.15, 0.2) is 20.7 Å². The Kier molecular flexibility index (Phi) is 14.5. The van der Waals surface area contributed by atoms with E-state index in [0.29, 0.717) is 79.0 Å². The average molecular weight is 837 g/mol. The molecular weight excluding hydrogens is 793 g/mol. The average Bonchev–Trinajstić information content (AvgIpc) is 3.98. The normalized spacial score (nSPS) is 21.2. The number of benzene rings is 2. The first-order chi connectivity index (χ1) is 27.4. The van der Waals surface area contributed by atoms with Crippen molar-refractivity contribution in [2.24, 2.45) is 40.4 Å². The molecular formula is C36H44N12O4S4. The van der Waals surface area contributed by atoms with Gasteiger partial charge in [-0.1, -0.05) is 48.5 Å². The summed E-state index contributed by atoms with van der Waals surface area (Å²) < 4.78 is 23.1. The Bertz CT molecular complexity index is 1680. The van der Waals surface area contributed by atoms with Gasteiger partial charge in [0.05, 0.1) is 79.0 Å². The van der Waals surface area contributed by atoms with Crippen LogP contribution in [0.5, 0.6) is 0 Å². The molecule has 8 aliphatic heterocycles. The predicted molar refractivity (Wildman–Crippen MR) is 233 cm³/mol. The molecule has 0 amide bonds. The third-order valence-corrected chi connectivity index (χ3v) is 12.6. The molecule has 0 fully saturated rings. The highest BCUT2D eigenvalue weighted by atomic mass is 32.2. The minimum atomic E-state index is 0.488. The van der Waals surface area contributed by atoms with Gasteiger partial charge in [-0.2, -0.15) is 20.4 Å². The summed E-state index contributed by atoms with van der Waals surface area (Å²) >= 11 is 6.20. The van der Waals surface area contributed by atoms with E-state index in [9.17, 15) is 0 Å². The van der Waals surface area contributed by atoms with Crippen LogP contribution in [0.25, 0.3) is 0 Å². The lowest BCUT2D eigenvalue weighted by Crippen LogP contribution is -2.15. The van der Waals surface area contributed by atoms with E-state index in [1.54, 1.807) is 67.1 Å². The predicted octanol–water partition coefficient (Wildman–Crippen LogP) is 4.25. The van der Waals surface area contributed by atoms with Gasteiger partial charge in [-0.3, -0.25) is 20.0 Å². The summed E-state index contributed by atoms with van der Waals surface area (Å²) in [6.45, 7) is 6.08. The van der Waals surface area contributed by atoms with Gasteiger partial charge in [-0.15, -0.1) is 0 Å². The first kappa shape index (κ1) is 40.4. The highest BCUT2D eigenvalue weighted by Gasteiger charge is 2.25. The van der Waals surface area contributed by atoms with Crippen molar-refractivity contribution in [1.29, 1.82) is 0 Å². The number of thioether (sulfide) groups is 4. The van der Waals surface area contributed by atoms with Crippen LogP contribution in [0.3, 0.4) is 0 Å². The molecule has 8 aliphatic rings. The Balaban J connectivity index is 0.932. The number of amidine groups is 4. The number of ether oxygens (including phenoxy) is 4. The maximum atomic E-state index is 5.76. The van der Waals surface area contributed by atoms with E-state index >= 15 is 0 Å². The van der Waals surface area contributed by atoms with Gasteiger partial charge in [-0.25, -0.2) is 20.0 Å². The number of hydrazone groups is 4. The van der Waals surface area contributed by atoms with Crippen molar-refractivity contribution in [2.75, 3.05) is 107 Å². The summed E-state index contributed by atoms with van der Waals surface area (Å²) in [5, 5.41) is 32.9. The van der Waals surface area contributed by atoms with Crippen molar-refractivity contribution in [3.63, 3.8) is 0 Å². The zero-order valence-corrected chi connectivity index (χ0v) is 35.0. The van der Waals surface area contributed by atoms with Crippen LogP contribution in [0.1, 0.15) is 22.3 Å². The summed E-state index contributed by atoms with van der Waals surface area (Å²) in [7, 11) is 7.63. The summed E-state index contributed by atoms with van der Waals surface area (Å²) in [6, 6.07) is 16.5. The SMILES string of the molecule is CN1N=C2SC1=NCCOCCOCCN=C1SC(=NN1C)c1ccc(cc1)C1=NN(C)C(=NCCOCCOCCN=C3SC(=NN3C)c3ccc2cc3)S1. The lowest BCUT2D eigenvalue weighted by atomic mass is 10.1. The van der Waals surface area contributed by atoms with Crippen molar-refractivity contribution in [3.8, 4) is 0 Å². The summed E-state index contributed by atoms with van der Waals surface area (Å²) in [5.74, 6) is 0. The van der Waals surface area contributed by atoms with Gasteiger partial charge in [0.2, 0.25) is 0 Å². The minimum Gasteiger partial charge on any atom is -0.377 e. The Morgan fingerprint density at radius 3 is 0.786 bits per heavy atom. The smallest absolute Gasteiger partial charge is 0.186 e. The number of hydrogen-bond acceptors (Lipinski definition) is 20. The second-order valence-electron chi connectivity index (χ2n) is 12.4. The molecule has 20 heteroatoms. The number of aliphatic imine (C=N–C) groups is 4. The molecule has 0 unspecified atom stereocenters. The fourth-order valence-electron chi connectivity index (χ4n) is 5.39. The van der Waals surface area contributed by atoms with Crippen LogP contribution in [0.4, 0.5) is 0 Å². The molecule has 0 saturated carbocycles. The van der Waals surface area contributed by atoms with E-state index in [0.717, 1.165) is 63.1 Å². The van der Waals surface area contributed by atoms with Crippen LogP contribution in [0.2, 0.25) is 0 Å². The molecule has 2 aromatic carbocycles. The van der Waals surface area contributed by atoms with Crippen LogP contribution < -0.4 is 0 Å². The Morgan fingerprint density at radius 2 is 0.571 bits per heavy atom. The standard InChI is InChI=1S/C36H44N12O4S4/c1-45-33-37-13-17-49-21-22-50-18-14-39-35-47(3)43-31(55-35)27-9-11-28(12-10-27)32-44-48(4)36(56-32)40-16-20-52-24-23-51-19-15-38-34-46(2)42-30(54-34)26-7-5-25(6-8-26)29(41-45)53-33/h5-12H,13-24H2,1-4H3.